The molecular formula is C16H29N5O. The van der Waals surface area contributed by atoms with Gasteiger partial charge in [-0.3, -0.25) is 9.67 Å². The second-order valence-corrected chi connectivity index (χ2v) is 6.31. The number of nitrogens with one attached hydrogen (secondary N) is 2. The highest BCUT2D eigenvalue weighted by Gasteiger charge is 2.29. The lowest BCUT2D eigenvalue weighted by molar-refractivity contribution is 0.0283. The van der Waals surface area contributed by atoms with E-state index >= 15 is 0 Å². The van der Waals surface area contributed by atoms with Crippen molar-refractivity contribution in [1.29, 1.82) is 0 Å². The first kappa shape index (κ1) is 16.8. The first-order valence-corrected chi connectivity index (χ1v) is 8.25. The van der Waals surface area contributed by atoms with Crippen LogP contribution in [0.4, 0.5) is 0 Å². The number of guanidine groups is 1. The maximum atomic E-state index is 5.79. The van der Waals surface area contributed by atoms with Gasteiger partial charge in [0.25, 0.3) is 0 Å². The molecule has 1 saturated heterocycles. The molecule has 1 aliphatic rings. The van der Waals surface area contributed by atoms with Gasteiger partial charge in [0, 0.05) is 38.6 Å². The summed E-state index contributed by atoms with van der Waals surface area (Å²) in [6.07, 6.45) is 6.03. The van der Waals surface area contributed by atoms with Crippen molar-refractivity contribution >= 4 is 5.96 Å². The fourth-order valence-corrected chi connectivity index (χ4v) is 2.61. The van der Waals surface area contributed by atoms with Crippen LogP contribution in [0.25, 0.3) is 0 Å². The Hall–Kier alpha value is -1.56. The maximum absolute atomic E-state index is 5.79. The molecule has 1 aromatic heterocycles. The summed E-state index contributed by atoms with van der Waals surface area (Å²) in [5.74, 6) is 1.34. The van der Waals surface area contributed by atoms with Crippen LogP contribution in [-0.2, 0) is 11.3 Å². The highest BCUT2D eigenvalue weighted by Crippen LogP contribution is 2.24. The fourth-order valence-electron chi connectivity index (χ4n) is 2.61. The van der Waals surface area contributed by atoms with Gasteiger partial charge in [0.1, 0.15) is 0 Å². The highest BCUT2D eigenvalue weighted by atomic mass is 16.5. The number of ether oxygens (including phenoxy) is 1. The third-order valence-electron chi connectivity index (χ3n) is 3.89. The van der Waals surface area contributed by atoms with Gasteiger partial charge in [-0.05, 0) is 38.7 Å². The minimum absolute atomic E-state index is 0.0942. The number of rotatable bonds is 7. The molecule has 2 heterocycles. The zero-order chi connectivity index (χ0) is 15.8. The van der Waals surface area contributed by atoms with Crippen LogP contribution in [0.5, 0.6) is 0 Å². The van der Waals surface area contributed by atoms with Crippen LogP contribution in [0.3, 0.4) is 0 Å². The Morgan fingerprint density at radius 1 is 1.50 bits per heavy atom. The molecule has 6 heteroatoms. The average molecular weight is 307 g/mol. The Labute approximate surface area is 133 Å². The standard InChI is InChI=1S/C16H29N5O/c1-4-17-15(19-13-16(3)7-5-10-22-16)18-11-14(2)12-21-9-6-8-20-21/h6,8-9,14H,4-5,7,10-13H2,1-3H3,(H2,17,18,19). The van der Waals surface area contributed by atoms with Gasteiger partial charge in [0.15, 0.2) is 5.96 Å². The van der Waals surface area contributed by atoms with Crippen LogP contribution >= 0.6 is 0 Å². The molecule has 0 aromatic carbocycles. The van der Waals surface area contributed by atoms with Crippen LogP contribution in [-0.4, -0.2) is 47.6 Å². The Bertz CT molecular complexity index is 451. The predicted molar refractivity (Wildman–Crippen MR) is 89.0 cm³/mol. The van der Waals surface area contributed by atoms with E-state index in [1.807, 2.05) is 23.1 Å². The zero-order valence-electron chi connectivity index (χ0n) is 14.0. The third-order valence-corrected chi connectivity index (χ3v) is 3.89. The van der Waals surface area contributed by atoms with Crippen molar-refractivity contribution in [1.82, 2.24) is 20.4 Å². The molecule has 0 amide bonds. The van der Waals surface area contributed by atoms with Gasteiger partial charge in [0.05, 0.1) is 12.1 Å². The molecule has 0 bridgehead atoms. The van der Waals surface area contributed by atoms with Gasteiger partial charge in [-0.15, -0.1) is 0 Å². The lowest BCUT2D eigenvalue weighted by Crippen LogP contribution is -2.41. The van der Waals surface area contributed by atoms with Gasteiger partial charge in [0.2, 0.25) is 0 Å². The number of hydrogen-bond acceptors (Lipinski definition) is 3. The monoisotopic (exact) mass is 307 g/mol. The van der Waals surface area contributed by atoms with E-state index in [-0.39, 0.29) is 5.60 Å². The summed E-state index contributed by atoms with van der Waals surface area (Å²) >= 11 is 0. The number of nitrogens with zero attached hydrogens (tertiary/aromatic N) is 3. The molecule has 0 spiro atoms. The van der Waals surface area contributed by atoms with Crippen LogP contribution in [0, 0.1) is 5.92 Å². The van der Waals surface area contributed by atoms with E-state index in [9.17, 15) is 0 Å². The molecule has 2 unspecified atom stereocenters. The van der Waals surface area contributed by atoms with Crippen molar-refractivity contribution in [2.75, 3.05) is 26.2 Å². The molecule has 0 radical (unpaired) electrons. The van der Waals surface area contributed by atoms with Crippen LogP contribution in [0.1, 0.15) is 33.6 Å². The lowest BCUT2D eigenvalue weighted by Gasteiger charge is -2.22. The molecule has 124 valence electrons. The molecular weight excluding hydrogens is 278 g/mol. The predicted octanol–water partition coefficient (Wildman–Crippen LogP) is 1.64. The van der Waals surface area contributed by atoms with E-state index in [2.05, 4.69) is 41.5 Å². The molecule has 2 rings (SSSR count). The molecule has 1 aliphatic heterocycles. The molecule has 1 fully saturated rings. The first-order chi connectivity index (χ1) is 10.6. The van der Waals surface area contributed by atoms with Gasteiger partial charge < -0.3 is 15.4 Å². The van der Waals surface area contributed by atoms with Crippen LogP contribution in [0.15, 0.2) is 23.5 Å². The van der Waals surface area contributed by atoms with E-state index in [4.69, 9.17) is 4.74 Å². The van der Waals surface area contributed by atoms with E-state index < -0.39 is 0 Å². The van der Waals surface area contributed by atoms with Crippen molar-refractivity contribution in [2.45, 2.75) is 45.8 Å². The summed E-state index contributed by atoms with van der Waals surface area (Å²) < 4.78 is 7.75. The fraction of sp³-hybridized carbons (Fsp3) is 0.750. The second-order valence-electron chi connectivity index (χ2n) is 6.31. The van der Waals surface area contributed by atoms with Crippen LogP contribution in [0.2, 0.25) is 0 Å². The lowest BCUT2D eigenvalue weighted by atomic mass is 10.0. The minimum Gasteiger partial charge on any atom is -0.373 e. The van der Waals surface area contributed by atoms with Crippen molar-refractivity contribution < 1.29 is 4.74 Å². The largest absolute Gasteiger partial charge is 0.373 e. The number of aliphatic imine (C=N–C) groups is 1. The first-order valence-electron chi connectivity index (χ1n) is 8.25. The molecule has 1 aromatic rings. The smallest absolute Gasteiger partial charge is 0.191 e. The Morgan fingerprint density at radius 2 is 2.36 bits per heavy atom. The summed E-state index contributed by atoms with van der Waals surface area (Å²) in [6.45, 7) is 10.6. The van der Waals surface area contributed by atoms with Gasteiger partial charge >= 0.3 is 0 Å². The normalized spacial score (nSPS) is 23.5. The quantitative estimate of drug-likeness (QED) is 0.594. The summed E-state index contributed by atoms with van der Waals surface area (Å²) in [5.41, 5.74) is -0.0942. The maximum Gasteiger partial charge on any atom is 0.191 e. The second kappa shape index (κ2) is 8.17. The Balaban J connectivity index is 1.80. The topological polar surface area (TPSA) is 63.5 Å². The molecule has 0 aliphatic carbocycles. The summed E-state index contributed by atoms with van der Waals surface area (Å²) in [6, 6.07) is 1.95. The molecule has 6 nitrogen and oxygen atoms in total. The third kappa shape index (κ3) is 5.33. The summed E-state index contributed by atoms with van der Waals surface area (Å²) in [5, 5.41) is 11.0. The van der Waals surface area contributed by atoms with Crippen molar-refractivity contribution in [2.24, 2.45) is 10.9 Å². The average Bonchev–Trinajstić information content (AvgIpc) is 3.14. The van der Waals surface area contributed by atoms with Crippen molar-refractivity contribution in [3.8, 4) is 0 Å². The number of hydrogen-bond donors (Lipinski definition) is 2. The van der Waals surface area contributed by atoms with Gasteiger partial charge in [-0.25, -0.2) is 0 Å². The molecule has 22 heavy (non-hydrogen) atoms. The highest BCUT2D eigenvalue weighted by molar-refractivity contribution is 5.79. The van der Waals surface area contributed by atoms with E-state index in [1.165, 1.54) is 0 Å². The van der Waals surface area contributed by atoms with Crippen LogP contribution < -0.4 is 10.6 Å². The molecule has 2 N–H and O–H groups in total. The zero-order valence-corrected chi connectivity index (χ0v) is 14.0. The molecule has 2 atom stereocenters. The SMILES string of the molecule is CCNC(=NCC1(C)CCCO1)NCC(C)Cn1cccn1. The Kier molecular flexibility index (Phi) is 6.24. The summed E-state index contributed by atoms with van der Waals surface area (Å²) in [4.78, 5) is 4.68. The van der Waals surface area contributed by atoms with Gasteiger partial charge in [-0.2, -0.15) is 5.10 Å². The number of aromatic nitrogens is 2. The van der Waals surface area contributed by atoms with E-state index in [1.54, 1.807) is 0 Å². The van der Waals surface area contributed by atoms with Crippen molar-refractivity contribution in [3.63, 3.8) is 0 Å². The molecule has 0 saturated carbocycles. The van der Waals surface area contributed by atoms with Crippen molar-refractivity contribution in [3.05, 3.63) is 18.5 Å². The Morgan fingerprint density at radius 3 is 3.00 bits per heavy atom. The van der Waals surface area contributed by atoms with E-state index in [0.29, 0.717) is 12.5 Å². The summed E-state index contributed by atoms with van der Waals surface area (Å²) in [7, 11) is 0. The van der Waals surface area contributed by atoms with E-state index in [0.717, 1.165) is 45.0 Å². The van der Waals surface area contributed by atoms with Gasteiger partial charge in [-0.1, -0.05) is 6.92 Å². The minimum atomic E-state index is -0.0942.